The lowest BCUT2D eigenvalue weighted by Gasteiger charge is -2.46. The lowest BCUT2D eigenvalue weighted by molar-refractivity contribution is -0.162. The van der Waals surface area contributed by atoms with Crippen molar-refractivity contribution in [1.82, 2.24) is 9.80 Å². The first-order chi connectivity index (χ1) is 8.93. The summed E-state index contributed by atoms with van der Waals surface area (Å²) in [5.41, 5.74) is 0. The summed E-state index contributed by atoms with van der Waals surface area (Å²) in [6.45, 7) is 4.73. The summed E-state index contributed by atoms with van der Waals surface area (Å²) in [5, 5.41) is -0.102. The summed E-state index contributed by atoms with van der Waals surface area (Å²) in [6, 6.07) is -0.706. The van der Waals surface area contributed by atoms with Crippen LogP contribution in [0.5, 0.6) is 0 Å². The largest absolute Gasteiger partial charge is 0.329 e. The molecule has 2 aliphatic heterocycles. The van der Waals surface area contributed by atoms with Crippen LogP contribution in [0.1, 0.15) is 33.1 Å². The maximum Gasteiger partial charge on any atom is 0.246 e. The van der Waals surface area contributed by atoms with Gasteiger partial charge in [-0.15, -0.1) is 0 Å². The first-order valence-corrected chi connectivity index (χ1v) is 8.48. The highest BCUT2D eigenvalue weighted by Crippen LogP contribution is 2.26. The number of carbonyl (C=O) groups is 2. The minimum Gasteiger partial charge on any atom is -0.329 e. The number of fused-ring (bicyclic) bond motifs is 1. The van der Waals surface area contributed by atoms with Crippen LogP contribution in [0.15, 0.2) is 0 Å². The zero-order valence-electron chi connectivity index (χ0n) is 11.8. The summed E-state index contributed by atoms with van der Waals surface area (Å²) < 4.78 is 11.5. The first-order valence-electron chi connectivity index (χ1n) is 6.86. The Morgan fingerprint density at radius 2 is 2.00 bits per heavy atom. The molecule has 19 heavy (non-hydrogen) atoms. The van der Waals surface area contributed by atoms with Gasteiger partial charge in [0.05, 0.1) is 0 Å². The molecular weight excluding hydrogens is 264 g/mol. The highest BCUT2D eigenvalue weighted by Gasteiger charge is 2.44. The monoisotopic (exact) mass is 286 g/mol. The van der Waals surface area contributed by atoms with Gasteiger partial charge in [-0.05, 0) is 33.1 Å². The number of hydrogen-bond acceptors (Lipinski definition) is 3. The van der Waals surface area contributed by atoms with Crippen LogP contribution < -0.4 is 0 Å². The first kappa shape index (κ1) is 14.5. The number of amides is 2. The minimum atomic E-state index is -0.982. The van der Waals surface area contributed by atoms with E-state index in [0.717, 1.165) is 19.3 Å². The highest BCUT2D eigenvalue weighted by molar-refractivity contribution is 7.84. The van der Waals surface area contributed by atoms with Gasteiger partial charge < -0.3 is 9.80 Å². The van der Waals surface area contributed by atoms with E-state index in [2.05, 4.69) is 0 Å². The standard InChI is InChI=1S/C13H22N2O3S/c1-9(19(3)18)8-15-10(2)12(16)14-7-5-4-6-11(14)13(15)17/h9-11H,4-8H2,1-3H3. The van der Waals surface area contributed by atoms with Crippen molar-refractivity contribution in [2.45, 2.75) is 50.4 Å². The Hall–Kier alpha value is -0.910. The molecular formula is C13H22N2O3S. The Labute approximate surface area is 116 Å². The van der Waals surface area contributed by atoms with Crippen LogP contribution in [-0.2, 0) is 20.4 Å². The van der Waals surface area contributed by atoms with Gasteiger partial charge in [0.1, 0.15) is 12.1 Å². The molecule has 0 aromatic rings. The molecule has 0 saturated carbocycles. The van der Waals surface area contributed by atoms with E-state index in [-0.39, 0.29) is 23.1 Å². The highest BCUT2D eigenvalue weighted by atomic mass is 32.2. The molecule has 0 aromatic heterocycles. The second-order valence-corrected chi connectivity index (χ2v) is 7.32. The van der Waals surface area contributed by atoms with Crippen molar-refractivity contribution < 1.29 is 13.8 Å². The molecule has 0 aromatic carbocycles. The number of hydrogen-bond donors (Lipinski definition) is 0. The molecule has 0 spiro atoms. The second-order valence-electron chi connectivity index (χ2n) is 5.52. The van der Waals surface area contributed by atoms with Gasteiger partial charge in [0.2, 0.25) is 11.8 Å². The summed E-state index contributed by atoms with van der Waals surface area (Å²) >= 11 is 0. The number of carbonyl (C=O) groups excluding carboxylic acids is 2. The molecule has 2 fully saturated rings. The van der Waals surface area contributed by atoms with Crippen molar-refractivity contribution in [2.24, 2.45) is 0 Å². The van der Waals surface area contributed by atoms with Crippen LogP contribution in [0.3, 0.4) is 0 Å². The van der Waals surface area contributed by atoms with Crippen LogP contribution in [0.2, 0.25) is 0 Å². The van der Waals surface area contributed by atoms with E-state index >= 15 is 0 Å². The van der Waals surface area contributed by atoms with Crippen LogP contribution in [0.25, 0.3) is 0 Å². The Balaban J connectivity index is 2.17. The predicted molar refractivity (Wildman–Crippen MR) is 74.1 cm³/mol. The number of nitrogens with zero attached hydrogens (tertiary/aromatic N) is 2. The van der Waals surface area contributed by atoms with E-state index in [0.29, 0.717) is 13.1 Å². The van der Waals surface area contributed by atoms with Crippen LogP contribution in [0, 0.1) is 0 Å². The van der Waals surface area contributed by atoms with Gasteiger partial charge in [-0.1, -0.05) is 0 Å². The molecule has 2 aliphatic rings. The van der Waals surface area contributed by atoms with Gasteiger partial charge in [-0.3, -0.25) is 13.8 Å². The fraction of sp³-hybridized carbons (Fsp3) is 0.846. The molecule has 2 amide bonds. The third kappa shape index (κ3) is 2.68. The van der Waals surface area contributed by atoms with E-state index in [9.17, 15) is 13.8 Å². The van der Waals surface area contributed by atoms with Gasteiger partial charge in [0.25, 0.3) is 0 Å². The smallest absolute Gasteiger partial charge is 0.246 e. The van der Waals surface area contributed by atoms with Crippen molar-refractivity contribution >= 4 is 22.6 Å². The van der Waals surface area contributed by atoms with E-state index in [1.807, 2.05) is 6.92 Å². The Kier molecular flexibility index (Phi) is 4.28. The van der Waals surface area contributed by atoms with Gasteiger partial charge in [0.15, 0.2) is 0 Å². The lowest BCUT2D eigenvalue weighted by Crippen LogP contribution is -2.65. The van der Waals surface area contributed by atoms with Crippen LogP contribution in [0.4, 0.5) is 0 Å². The van der Waals surface area contributed by atoms with Gasteiger partial charge in [0, 0.05) is 35.4 Å². The Morgan fingerprint density at radius 1 is 1.32 bits per heavy atom. The third-order valence-electron chi connectivity index (χ3n) is 4.20. The quantitative estimate of drug-likeness (QED) is 0.753. The van der Waals surface area contributed by atoms with Crippen molar-refractivity contribution in [3.05, 3.63) is 0 Å². The summed E-state index contributed by atoms with van der Waals surface area (Å²) in [5.74, 6) is 0.0717. The van der Waals surface area contributed by atoms with E-state index in [1.54, 1.807) is 23.0 Å². The molecule has 2 heterocycles. The zero-order chi connectivity index (χ0) is 14.2. The van der Waals surface area contributed by atoms with Crippen LogP contribution >= 0.6 is 0 Å². The fourth-order valence-electron chi connectivity index (χ4n) is 2.84. The number of rotatable bonds is 3. The Morgan fingerprint density at radius 3 is 2.63 bits per heavy atom. The molecule has 108 valence electrons. The van der Waals surface area contributed by atoms with Crippen molar-refractivity contribution in [1.29, 1.82) is 0 Å². The summed E-state index contributed by atoms with van der Waals surface area (Å²) in [7, 11) is -0.982. The summed E-state index contributed by atoms with van der Waals surface area (Å²) in [4.78, 5) is 28.2. The van der Waals surface area contributed by atoms with Crippen LogP contribution in [-0.4, -0.2) is 62.5 Å². The average Bonchev–Trinajstić information content (AvgIpc) is 2.40. The third-order valence-corrected chi connectivity index (χ3v) is 5.48. The van der Waals surface area contributed by atoms with Gasteiger partial charge in [-0.25, -0.2) is 0 Å². The van der Waals surface area contributed by atoms with Crippen molar-refractivity contribution in [2.75, 3.05) is 19.3 Å². The molecule has 0 radical (unpaired) electrons. The van der Waals surface area contributed by atoms with E-state index < -0.39 is 16.8 Å². The maximum absolute atomic E-state index is 12.5. The molecule has 2 saturated heterocycles. The predicted octanol–water partition coefficient (Wildman–Crippen LogP) is 0.365. The minimum absolute atomic E-state index is 0.0316. The van der Waals surface area contributed by atoms with Crippen molar-refractivity contribution in [3.8, 4) is 0 Å². The SMILES string of the molecule is CC1C(=O)N2CCCCC2C(=O)N1CC(C)S(C)=O. The van der Waals surface area contributed by atoms with E-state index in [4.69, 9.17) is 0 Å². The normalized spacial score (nSPS) is 31.1. The number of piperazine rings is 1. The molecule has 0 N–H and O–H groups in total. The molecule has 2 rings (SSSR count). The maximum atomic E-state index is 12.5. The van der Waals surface area contributed by atoms with Gasteiger partial charge in [-0.2, -0.15) is 0 Å². The number of piperidine rings is 1. The van der Waals surface area contributed by atoms with Crippen molar-refractivity contribution in [3.63, 3.8) is 0 Å². The fourth-order valence-corrected chi connectivity index (χ4v) is 3.21. The molecule has 0 bridgehead atoms. The average molecular weight is 286 g/mol. The molecule has 0 aliphatic carbocycles. The molecule has 4 unspecified atom stereocenters. The molecule has 5 nitrogen and oxygen atoms in total. The lowest BCUT2D eigenvalue weighted by atomic mass is 9.95. The topological polar surface area (TPSA) is 57.7 Å². The molecule has 6 heteroatoms. The Bertz CT molecular complexity index is 413. The second kappa shape index (κ2) is 5.61. The summed E-state index contributed by atoms with van der Waals surface area (Å²) in [6.07, 6.45) is 4.38. The van der Waals surface area contributed by atoms with Gasteiger partial charge >= 0.3 is 0 Å². The zero-order valence-corrected chi connectivity index (χ0v) is 12.6. The molecule has 4 atom stereocenters. The van der Waals surface area contributed by atoms with E-state index in [1.165, 1.54) is 0 Å².